The van der Waals surface area contributed by atoms with E-state index >= 15 is 0 Å². The molecule has 2 rings (SSSR count). The van der Waals surface area contributed by atoms with Crippen molar-refractivity contribution < 1.29 is 14.0 Å². The highest BCUT2D eigenvalue weighted by atomic mass is 19.1. The lowest BCUT2D eigenvalue weighted by Crippen LogP contribution is -2.44. The monoisotopic (exact) mass is 357 g/mol. The van der Waals surface area contributed by atoms with Gasteiger partial charge in [-0.2, -0.15) is 0 Å². The maximum atomic E-state index is 12.9. The molecule has 2 aromatic carbocycles. The van der Waals surface area contributed by atoms with E-state index in [-0.39, 0.29) is 30.7 Å². The van der Waals surface area contributed by atoms with E-state index in [0.717, 1.165) is 11.3 Å². The maximum Gasteiger partial charge on any atom is 0.242 e. The second kappa shape index (κ2) is 9.56. The number of carbonyl (C=O) groups excluding carboxylic acids is 2. The van der Waals surface area contributed by atoms with Crippen LogP contribution in [0.1, 0.15) is 12.5 Å². The van der Waals surface area contributed by atoms with Crippen LogP contribution in [-0.4, -0.2) is 43.4 Å². The van der Waals surface area contributed by atoms with Gasteiger partial charge in [-0.05, 0) is 36.8 Å². The molecule has 0 aliphatic carbocycles. The first kappa shape index (κ1) is 19.4. The van der Waals surface area contributed by atoms with Gasteiger partial charge in [0.05, 0.1) is 13.1 Å². The molecule has 0 radical (unpaired) electrons. The molecule has 0 unspecified atom stereocenters. The van der Waals surface area contributed by atoms with Gasteiger partial charge in [-0.25, -0.2) is 4.39 Å². The minimum absolute atomic E-state index is 0.000836. The van der Waals surface area contributed by atoms with Crippen molar-refractivity contribution in [2.75, 3.05) is 31.6 Å². The number of benzene rings is 2. The fourth-order valence-electron chi connectivity index (χ4n) is 2.49. The van der Waals surface area contributed by atoms with Crippen LogP contribution in [0.3, 0.4) is 0 Å². The van der Waals surface area contributed by atoms with Gasteiger partial charge in [0.2, 0.25) is 11.8 Å². The zero-order valence-electron chi connectivity index (χ0n) is 15.1. The average Bonchev–Trinajstić information content (AvgIpc) is 2.66. The van der Waals surface area contributed by atoms with Gasteiger partial charge in [-0.3, -0.25) is 9.59 Å². The molecule has 0 aliphatic heterocycles. The number of amides is 2. The molecule has 0 heterocycles. The second-order valence-electron chi connectivity index (χ2n) is 6.00. The largest absolute Gasteiger partial charge is 0.365 e. The SMILES string of the molecule is CCN(CC(=O)NCc1ccc(F)cc1)C(=O)CN(C)c1ccccc1. The van der Waals surface area contributed by atoms with E-state index in [2.05, 4.69) is 5.32 Å². The fourth-order valence-corrected chi connectivity index (χ4v) is 2.49. The summed E-state index contributed by atoms with van der Waals surface area (Å²) in [4.78, 5) is 27.9. The van der Waals surface area contributed by atoms with Gasteiger partial charge >= 0.3 is 0 Å². The van der Waals surface area contributed by atoms with Crippen molar-refractivity contribution >= 4 is 17.5 Å². The molecular formula is C20H24FN3O2. The molecule has 5 nitrogen and oxygen atoms in total. The Balaban J connectivity index is 1.83. The van der Waals surface area contributed by atoms with Crippen molar-refractivity contribution in [3.05, 3.63) is 66.0 Å². The van der Waals surface area contributed by atoms with Gasteiger partial charge < -0.3 is 15.1 Å². The van der Waals surface area contributed by atoms with Crippen molar-refractivity contribution in [1.82, 2.24) is 10.2 Å². The standard InChI is InChI=1S/C20H24FN3O2/c1-3-24(20(26)15-23(2)18-7-5-4-6-8-18)14-19(25)22-13-16-9-11-17(21)12-10-16/h4-12H,3,13-15H2,1-2H3,(H,22,25). The maximum absolute atomic E-state index is 12.9. The van der Waals surface area contributed by atoms with Crippen LogP contribution in [0.2, 0.25) is 0 Å². The van der Waals surface area contributed by atoms with E-state index in [9.17, 15) is 14.0 Å². The molecule has 0 aromatic heterocycles. The van der Waals surface area contributed by atoms with Crippen LogP contribution >= 0.6 is 0 Å². The third-order valence-electron chi connectivity index (χ3n) is 4.04. The molecule has 1 N–H and O–H groups in total. The molecular weight excluding hydrogens is 333 g/mol. The zero-order valence-corrected chi connectivity index (χ0v) is 15.1. The van der Waals surface area contributed by atoms with Crippen molar-refractivity contribution in [3.8, 4) is 0 Å². The highest BCUT2D eigenvalue weighted by Crippen LogP contribution is 2.11. The van der Waals surface area contributed by atoms with E-state index in [0.29, 0.717) is 13.1 Å². The minimum Gasteiger partial charge on any atom is -0.365 e. The molecule has 0 saturated carbocycles. The van der Waals surface area contributed by atoms with Crippen molar-refractivity contribution in [2.24, 2.45) is 0 Å². The molecule has 0 aliphatic rings. The van der Waals surface area contributed by atoms with E-state index in [4.69, 9.17) is 0 Å². The number of rotatable bonds is 8. The van der Waals surface area contributed by atoms with Gasteiger partial charge in [-0.15, -0.1) is 0 Å². The summed E-state index contributed by atoms with van der Waals surface area (Å²) in [6.07, 6.45) is 0. The van der Waals surface area contributed by atoms with Crippen LogP contribution in [0.5, 0.6) is 0 Å². The number of nitrogens with zero attached hydrogens (tertiary/aromatic N) is 2. The van der Waals surface area contributed by atoms with Gasteiger partial charge in [0.25, 0.3) is 0 Å². The van der Waals surface area contributed by atoms with Crippen LogP contribution in [0.25, 0.3) is 0 Å². The van der Waals surface area contributed by atoms with Crippen LogP contribution in [0.4, 0.5) is 10.1 Å². The summed E-state index contributed by atoms with van der Waals surface area (Å²) in [5, 5.41) is 2.75. The molecule has 2 amide bonds. The summed E-state index contributed by atoms with van der Waals surface area (Å²) in [7, 11) is 1.84. The number of para-hydroxylation sites is 1. The summed E-state index contributed by atoms with van der Waals surface area (Å²) in [6.45, 7) is 2.79. The molecule has 0 atom stereocenters. The predicted octanol–water partition coefficient (Wildman–Crippen LogP) is 2.43. The topological polar surface area (TPSA) is 52.7 Å². The normalized spacial score (nSPS) is 10.3. The van der Waals surface area contributed by atoms with Gasteiger partial charge in [0.15, 0.2) is 0 Å². The lowest BCUT2D eigenvalue weighted by atomic mass is 10.2. The van der Waals surface area contributed by atoms with Gasteiger partial charge in [0.1, 0.15) is 5.82 Å². The summed E-state index contributed by atoms with van der Waals surface area (Å²) < 4.78 is 12.9. The van der Waals surface area contributed by atoms with Crippen LogP contribution in [0, 0.1) is 5.82 Å². The summed E-state index contributed by atoms with van der Waals surface area (Å²) >= 11 is 0. The number of hydrogen-bond acceptors (Lipinski definition) is 3. The first-order chi connectivity index (χ1) is 12.5. The Bertz CT molecular complexity index is 720. The molecule has 138 valence electrons. The van der Waals surface area contributed by atoms with E-state index in [1.807, 2.05) is 49.2 Å². The lowest BCUT2D eigenvalue weighted by Gasteiger charge is -2.25. The Kier molecular flexibility index (Phi) is 7.14. The summed E-state index contributed by atoms with van der Waals surface area (Å²) in [5.74, 6) is -0.673. The molecule has 0 bridgehead atoms. The smallest absolute Gasteiger partial charge is 0.242 e. The Morgan fingerprint density at radius 1 is 1.00 bits per heavy atom. The number of likely N-dealkylation sites (N-methyl/N-ethyl adjacent to an activating group) is 2. The third-order valence-corrected chi connectivity index (χ3v) is 4.04. The van der Waals surface area contributed by atoms with E-state index in [1.54, 1.807) is 12.1 Å². The molecule has 6 heteroatoms. The van der Waals surface area contributed by atoms with E-state index < -0.39 is 0 Å². The summed E-state index contributed by atoms with van der Waals surface area (Å²) in [6, 6.07) is 15.5. The minimum atomic E-state index is -0.314. The van der Waals surface area contributed by atoms with Crippen molar-refractivity contribution in [1.29, 1.82) is 0 Å². The first-order valence-corrected chi connectivity index (χ1v) is 8.54. The number of anilines is 1. The quantitative estimate of drug-likeness (QED) is 0.789. The highest BCUT2D eigenvalue weighted by Gasteiger charge is 2.17. The molecule has 26 heavy (non-hydrogen) atoms. The lowest BCUT2D eigenvalue weighted by molar-refractivity contribution is -0.134. The first-order valence-electron chi connectivity index (χ1n) is 8.54. The number of halogens is 1. The average molecular weight is 357 g/mol. The van der Waals surface area contributed by atoms with Crippen LogP contribution in [-0.2, 0) is 16.1 Å². The Morgan fingerprint density at radius 2 is 1.65 bits per heavy atom. The Labute approximate surface area is 153 Å². The Hall–Kier alpha value is -2.89. The molecule has 2 aromatic rings. The second-order valence-corrected chi connectivity index (χ2v) is 6.00. The van der Waals surface area contributed by atoms with Crippen molar-refractivity contribution in [2.45, 2.75) is 13.5 Å². The number of hydrogen-bond donors (Lipinski definition) is 1. The fraction of sp³-hybridized carbons (Fsp3) is 0.300. The van der Waals surface area contributed by atoms with Crippen molar-refractivity contribution in [3.63, 3.8) is 0 Å². The number of nitrogens with one attached hydrogen (secondary N) is 1. The zero-order chi connectivity index (χ0) is 18.9. The third kappa shape index (κ3) is 5.88. The predicted molar refractivity (Wildman–Crippen MR) is 100 cm³/mol. The molecule has 0 saturated heterocycles. The van der Waals surface area contributed by atoms with Crippen LogP contribution in [0.15, 0.2) is 54.6 Å². The number of carbonyl (C=O) groups is 2. The van der Waals surface area contributed by atoms with E-state index in [1.165, 1.54) is 17.0 Å². The van der Waals surface area contributed by atoms with Crippen LogP contribution < -0.4 is 10.2 Å². The molecule has 0 spiro atoms. The Morgan fingerprint density at radius 3 is 2.27 bits per heavy atom. The molecule has 0 fully saturated rings. The van der Waals surface area contributed by atoms with Gasteiger partial charge in [-0.1, -0.05) is 30.3 Å². The van der Waals surface area contributed by atoms with Gasteiger partial charge in [0, 0.05) is 25.8 Å². The summed E-state index contributed by atoms with van der Waals surface area (Å²) in [5.41, 5.74) is 1.75. The highest BCUT2D eigenvalue weighted by molar-refractivity contribution is 5.87.